The first-order valence-electron chi connectivity index (χ1n) is 4.96. The summed E-state index contributed by atoms with van der Waals surface area (Å²) in [6.45, 7) is 2.37. The van der Waals surface area contributed by atoms with Crippen molar-refractivity contribution in [2.75, 3.05) is 0 Å². The van der Waals surface area contributed by atoms with Gasteiger partial charge in [0.2, 0.25) is 0 Å². The number of hydrogen-bond donors (Lipinski definition) is 1. The van der Waals surface area contributed by atoms with Crippen molar-refractivity contribution in [3.63, 3.8) is 0 Å². The molecule has 0 bridgehead atoms. The summed E-state index contributed by atoms with van der Waals surface area (Å²) in [5.74, 6) is 3.75. The van der Waals surface area contributed by atoms with Gasteiger partial charge in [0.05, 0.1) is 0 Å². The van der Waals surface area contributed by atoms with Crippen molar-refractivity contribution in [2.24, 2.45) is 17.8 Å². The smallest absolute Gasteiger partial charge is 0.123 e. The standard InChI is InChI=1S/C10H13IN2/c1-5-2-6-7(3-5)10(6)8-4-9(11)13-12-8/h4-7,10H,2-3H2,1H3,(H,12,13)/t5?,6-,7+,10?. The fourth-order valence-electron chi connectivity index (χ4n) is 3.06. The van der Waals surface area contributed by atoms with Crippen LogP contribution in [0.25, 0.3) is 0 Å². The maximum absolute atomic E-state index is 4.19. The molecule has 1 N–H and O–H groups in total. The SMILES string of the molecule is CC1C[C@@H]2C(c3cc(I)n[nH]3)[C@@H]2C1. The molecular formula is C10H13IN2. The fourth-order valence-corrected chi connectivity index (χ4v) is 3.51. The van der Waals surface area contributed by atoms with Gasteiger partial charge < -0.3 is 0 Å². The van der Waals surface area contributed by atoms with Gasteiger partial charge in [0.15, 0.2) is 0 Å². The Bertz CT molecular complexity index is 321. The van der Waals surface area contributed by atoms with Gasteiger partial charge in [0, 0.05) is 11.6 Å². The minimum absolute atomic E-state index is 0.826. The molecule has 2 unspecified atom stereocenters. The first-order valence-corrected chi connectivity index (χ1v) is 6.04. The van der Waals surface area contributed by atoms with E-state index in [-0.39, 0.29) is 0 Å². The van der Waals surface area contributed by atoms with Crippen LogP contribution in [-0.2, 0) is 0 Å². The molecule has 2 nitrogen and oxygen atoms in total. The van der Waals surface area contributed by atoms with E-state index in [1.807, 2.05) is 0 Å². The molecule has 4 atom stereocenters. The van der Waals surface area contributed by atoms with E-state index in [9.17, 15) is 0 Å². The van der Waals surface area contributed by atoms with Gasteiger partial charge in [0.25, 0.3) is 0 Å². The minimum atomic E-state index is 0.826. The summed E-state index contributed by atoms with van der Waals surface area (Å²) in [5.41, 5.74) is 1.38. The number of rotatable bonds is 1. The molecule has 1 aromatic heterocycles. The zero-order valence-electron chi connectivity index (χ0n) is 7.63. The largest absolute Gasteiger partial charge is 0.281 e. The summed E-state index contributed by atoms with van der Waals surface area (Å²) < 4.78 is 1.10. The molecule has 3 rings (SSSR count). The van der Waals surface area contributed by atoms with Gasteiger partial charge in [-0.3, -0.25) is 5.10 Å². The van der Waals surface area contributed by atoms with Crippen molar-refractivity contribution in [1.82, 2.24) is 10.2 Å². The van der Waals surface area contributed by atoms with Crippen molar-refractivity contribution < 1.29 is 0 Å². The highest BCUT2D eigenvalue weighted by Gasteiger charge is 2.56. The summed E-state index contributed by atoms with van der Waals surface area (Å²) >= 11 is 2.27. The highest BCUT2D eigenvalue weighted by Crippen LogP contribution is 2.64. The second kappa shape index (κ2) is 2.72. The number of nitrogens with zero attached hydrogens (tertiary/aromatic N) is 1. The molecular weight excluding hydrogens is 275 g/mol. The zero-order chi connectivity index (χ0) is 9.00. The molecule has 2 aliphatic carbocycles. The van der Waals surface area contributed by atoms with Crippen LogP contribution in [0.1, 0.15) is 31.4 Å². The molecule has 3 heteroatoms. The number of halogens is 1. The number of aromatic amines is 1. The summed E-state index contributed by atoms with van der Waals surface area (Å²) in [6, 6.07) is 2.20. The van der Waals surface area contributed by atoms with Crippen molar-refractivity contribution in [1.29, 1.82) is 0 Å². The van der Waals surface area contributed by atoms with E-state index in [1.54, 1.807) is 0 Å². The average molecular weight is 288 g/mol. The summed E-state index contributed by atoms with van der Waals surface area (Å²) in [6.07, 6.45) is 2.87. The van der Waals surface area contributed by atoms with Crippen LogP contribution in [-0.4, -0.2) is 10.2 Å². The molecule has 2 saturated carbocycles. The Morgan fingerprint density at radius 2 is 2.15 bits per heavy atom. The van der Waals surface area contributed by atoms with Gasteiger partial charge in [-0.25, -0.2) is 0 Å². The Hall–Kier alpha value is -0.0600. The summed E-state index contributed by atoms with van der Waals surface area (Å²) in [4.78, 5) is 0. The van der Waals surface area contributed by atoms with E-state index in [1.165, 1.54) is 18.5 Å². The number of aromatic nitrogens is 2. The van der Waals surface area contributed by atoms with E-state index in [0.717, 1.165) is 27.4 Å². The van der Waals surface area contributed by atoms with E-state index in [2.05, 4.69) is 45.8 Å². The van der Waals surface area contributed by atoms with E-state index in [4.69, 9.17) is 0 Å². The predicted molar refractivity (Wildman–Crippen MR) is 59.4 cm³/mol. The van der Waals surface area contributed by atoms with E-state index in [0.29, 0.717) is 0 Å². The number of nitrogens with one attached hydrogen (secondary N) is 1. The Kier molecular flexibility index (Phi) is 1.73. The minimum Gasteiger partial charge on any atom is -0.281 e. The van der Waals surface area contributed by atoms with Crippen LogP contribution in [0.2, 0.25) is 0 Å². The van der Waals surface area contributed by atoms with Gasteiger partial charge in [0.1, 0.15) is 3.70 Å². The third-order valence-electron chi connectivity index (χ3n) is 3.61. The lowest BCUT2D eigenvalue weighted by Crippen LogP contribution is -1.95. The molecule has 0 saturated heterocycles. The highest BCUT2D eigenvalue weighted by atomic mass is 127. The van der Waals surface area contributed by atoms with Gasteiger partial charge >= 0.3 is 0 Å². The van der Waals surface area contributed by atoms with Gasteiger partial charge in [-0.2, -0.15) is 5.10 Å². The topological polar surface area (TPSA) is 28.7 Å². The Morgan fingerprint density at radius 3 is 2.69 bits per heavy atom. The summed E-state index contributed by atoms with van der Waals surface area (Å²) in [7, 11) is 0. The second-order valence-corrected chi connectivity index (χ2v) is 5.68. The fraction of sp³-hybridized carbons (Fsp3) is 0.700. The van der Waals surface area contributed by atoms with Crippen LogP contribution in [0.15, 0.2) is 6.07 Å². The van der Waals surface area contributed by atoms with Crippen LogP contribution in [0.3, 0.4) is 0 Å². The summed E-state index contributed by atoms with van der Waals surface area (Å²) in [5, 5.41) is 7.34. The highest BCUT2D eigenvalue weighted by molar-refractivity contribution is 14.1. The molecule has 13 heavy (non-hydrogen) atoms. The Labute approximate surface area is 91.6 Å². The van der Waals surface area contributed by atoms with Crippen molar-refractivity contribution >= 4 is 22.6 Å². The molecule has 0 spiro atoms. The van der Waals surface area contributed by atoms with Crippen molar-refractivity contribution in [2.45, 2.75) is 25.7 Å². The van der Waals surface area contributed by atoms with Crippen LogP contribution in [0, 0.1) is 21.5 Å². The maximum atomic E-state index is 4.19. The first-order chi connectivity index (χ1) is 6.25. The lowest BCUT2D eigenvalue weighted by Gasteiger charge is -2.05. The van der Waals surface area contributed by atoms with Gasteiger partial charge in [-0.05, 0) is 59.3 Å². The third kappa shape index (κ3) is 1.23. The molecule has 0 aliphatic heterocycles. The van der Waals surface area contributed by atoms with E-state index < -0.39 is 0 Å². The zero-order valence-corrected chi connectivity index (χ0v) is 9.78. The maximum Gasteiger partial charge on any atom is 0.123 e. The van der Waals surface area contributed by atoms with Crippen LogP contribution < -0.4 is 0 Å². The molecule has 0 radical (unpaired) electrons. The lowest BCUT2D eigenvalue weighted by molar-refractivity contribution is 0.510. The molecule has 1 heterocycles. The first kappa shape index (κ1) is 8.26. The van der Waals surface area contributed by atoms with Crippen LogP contribution >= 0.6 is 22.6 Å². The quantitative estimate of drug-likeness (QED) is 0.791. The second-order valence-electron chi connectivity index (χ2n) is 4.58. The van der Waals surface area contributed by atoms with Crippen molar-refractivity contribution in [3.05, 3.63) is 15.5 Å². The van der Waals surface area contributed by atoms with Gasteiger partial charge in [-0.1, -0.05) is 6.92 Å². The number of H-pyrrole nitrogens is 1. The lowest BCUT2D eigenvalue weighted by atomic mass is 10.0. The molecule has 1 aromatic rings. The molecule has 2 fully saturated rings. The number of fused-ring (bicyclic) bond motifs is 1. The average Bonchev–Trinajstić information content (AvgIpc) is 2.50. The predicted octanol–water partition coefficient (Wildman–Crippen LogP) is 2.77. The van der Waals surface area contributed by atoms with Crippen LogP contribution in [0.4, 0.5) is 0 Å². The monoisotopic (exact) mass is 288 g/mol. The normalized spacial score (nSPS) is 42.0. The van der Waals surface area contributed by atoms with Gasteiger partial charge in [-0.15, -0.1) is 0 Å². The van der Waals surface area contributed by atoms with Crippen LogP contribution in [0.5, 0.6) is 0 Å². The number of hydrogen-bond acceptors (Lipinski definition) is 1. The van der Waals surface area contributed by atoms with E-state index >= 15 is 0 Å². The Morgan fingerprint density at radius 1 is 1.46 bits per heavy atom. The third-order valence-corrected chi connectivity index (χ3v) is 4.16. The molecule has 0 amide bonds. The molecule has 2 aliphatic rings. The molecule has 70 valence electrons. The van der Waals surface area contributed by atoms with Crippen molar-refractivity contribution in [3.8, 4) is 0 Å². The Balaban J connectivity index is 1.78. The molecule has 0 aromatic carbocycles.